The van der Waals surface area contributed by atoms with E-state index in [0.717, 1.165) is 46.9 Å². The normalized spacial score (nSPS) is 11.3. The van der Waals surface area contributed by atoms with Crippen LogP contribution in [-0.2, 0) is 33.7 Å². The molecule has 0 aromatic heterocycles. The van der Waals surface area contributed by atoms with Crippen LogP contribution in [0.2, 0.25) is 0 Å². The van der Waals surface area contributed by atoms with Crippen molar-refractivity contribution in [1.29, 1.82) is 0 Å². The van der Waals surface area contributed by atoms with Gasteiger partial charge in [-0.05, 0) is 46.5 Å². The highest BCUT2D eigenvalue weighted by Crippen LogP contribution is 2.30. The van der Waals surface area contributed by atoms with E-state index in [1.54, 1.807) is 0 Å². The molecule has 3 aromatic rings. The summed E-state index contributed by atoms with van der Waals surface area (Å²) in [7, 11) is 0. The van der Waals surface area contributed by atoms with Crippen molar-refractivity contribution in [3.8, 4) is 11.8 Å². The van der Waals surface area contributed by atoms with Gasteiger partial charge in [-0.1, -0.05) is 106 Å². The maximum Gasteiger partial charge on any atom is 0.416 e. The number of halogens is 3. The number of carbonyl (C=O) groups is 2. The number of hydrogen-bond donors (Lipinski definition) is 0. The van der Waals surface area contributed by atoms with Crippen molar-refractivity contribution in [2.24, 2.45) is 0 Å². The van der Waals surface area contributed by atoms with Gasteiger partial charge >= 0.3 is 12.1 Å². The number of benzene rings is 3. The fourth-order valence-corrected chi connectivity index (χ4v) is 4.58. The van der Waals surface area contributed by atoms with Gasteiger partial charge in [0.05, 0.1) is 18.7 Å². The first kappa shape index (κ1) is 30.9. The molecule has 0 heterocycles. The van der Waals surface area contributed by atoms with Crippen LogP contribution in [0.25, 0.3) is 10.8 Å². The lowest BCUT2D eigenvalue weighted by atomic mass is 9.99. The molecule has 0 unspecified atom stereocenters. The summed E-state index contributed by atoms with van der Waals surface area (Å²) in [5, 5.41) is 3.15. The Morgan fingerprint density at radius 1 is 0.850 bits per heavy atom. The number of nitrogens with zero attached hydrogens (tertiary/aromatic N) is 1. The van der Waals surface area contributed by atoms with Gasteiger partial charge in [-0.15, -0.1) is 5.06 Å². The summed E-state index contributed by atoms with van der Waals surface area (Å²) in [6, 6.07) is 16.2. The van der Waals surface area contributed by atoms with Crippen molar-refractivity contribution in [3.63, 3.8) is 0 Å². The quantitative estimate of drug-likeness (QED) is 0.0664. The molecule has 0 amide bonds. The summed E-state index contributed by atoms with van der Waals surface area (Å²) >= 11 is 0. The van der Waals surface area contributed by atoms with Crippen molar-refractivity contribution in [2.45, 2.75) is 84.0 Å². The van der Waals surface area contributed by atoms with Gasteiger partial charge in [-0.25, -0.2) is 4.79 Å². The van der Waals surface area contributed by atoms with E-state index in [1.807, 2.05) is 36.4 Å². The number of hydrogen-bond acceptors (Lipinski definition) is 4. The van der Waals surface area contributed by atoms with Crippen LogP contribution in [-0.4, -0.2) is 17.3 Å². The third-order valence-corrected chi connectivity index (χ3v) is 6.69. The van der Waals surface area contributed by atoms with Crippen LogP contribution in [0.1, 0.15) is 87.0 Å². The lowest BCUT2D eigenvalue weighted by Crippen LogP contribution is -2.27. The van der Waals surface area contributed by atoms with Gasteiger partial charge in [0.2, 0.25) is 6.29 Å². The molecule has 0 aliphatic heterocycles. The van der Waals surface area contributed by atoms with Crippen molar-refractivity contribution >= 4 is 23.0 Å². The molecule has 0 N–H and O–H groups in total. The molecule has 4 nitrogen and oxygen atoms in total. The van der Waals surface area contributed by atoms with E-state index in [-0.39, 0.29) is 19.4 Å². The molecule has 0 fully saturated rings. The number of rotatable bonds is 14. The summed E-state index contributed by atoms with van der Waals surface area (Å²) in [4.78, 5) is 27.9. The van der Waals surface area contributed by atoms with E-state index < -0.39 is 17.7 Å². The molecule has 0 aliphatic carbocycles. The lowest BCUT2D eigenvalue weighted by Gasteiger charge is -2.21. The molecule has 212 valence electrons. The summed E-state index contributed by atoms with van der Waals surface area (Å²) < 4.78 is 38.8. The fourth-order valence-electron chi connectivity index (χ4n) is 4.58. The molecule has 3 rings (SSSR count). The van der Waals surface area contributed by atoms with E-state index in [0.29, 0.717) is 5.56 Å². The van der Waals surface area contributed by atoms with Crippen molar-refractivity contribution in [1.82, 2.24) is 5.06 Å². The summed E-state index contributed by atoms with van der Waals surface area (Å²) in [6.07, 6.45) is 6.49. The highest BCUT2D eigenvalue weighted by Gasteiger charge is 2.30. The Morgan fingerprint density at radius 2 is 1.50 bits per heavy atom. The summed E-state index contributed by atoms with van der Waals surface area (Å²) in [5.41, 5.74) is 1.46. The zero-order valence-corrected chi connectivity index (χ0v) is 22.9. The van der Waals surface area contributed by atoms with E-state index in [1.165, 1.54) is 62.1 Å². The summed E-state index contributed by atoms with van der Waals surface area (Å²) in [5.74, 6) is 5.51. The number of aldehydes is 1. The Balaban J connectivity index is 1.69. The van der Waals surface area contributed by atoms with Gasteiger partial charge in [0, 0.05) is 12.0 Å². The molecular weight excluding hydrogens is 515 g/mol. The molecule has 7 heteroatoms. The Morgan fingerprint density at radius 3 is 2.15 bits per heavy atom. The Kier molecular flexibility index (Phi) is 12.2. The van der Waals surface area contributed by atoms with Crippen molar-refractivity contribution in [3.05, 3.63) is 82.9 Å². The van der Waals surface area contributed by atoms with Gasteiger partial charge in [0.25, 0.3) is 0 Å². The van der Waals surface area contributed by atoms with Crippen LogP contribution in [0.5, 0.6) is 0 Å². The predicted molar refractivity (Wildman–Crippen MR) is 151 cm³/mol. The van der Waals surface area contributed by atoms with E-state index in [2.05, 4.69) is 18.8 Å². The first-order valence-electron chi connectivity index (χ1n) is 13.9. The minimum Gasteiger partial charge on any atom is -0.361 e. The van der Waals surface area contributed by atoms with Crippen LogP contribution in [0.15, 0.2) is 60.7 Å². The SMILES string of the molecule is CCCCCCCCCCC#Cc1ccc(CN(Cc2ccc(C(F)(F)F)cc2)OC(=O)C=O)c2ccccc12. The Hall–Kier alpha value is -3.63. The van der Waals surface area contributed by atoms with Gasteiger partial charge in [0.1, 0.15) is 0 Å². The second-order valence-electron chi connectivity index (χ2n) is 9.87. The number of fused-ring (bicyclic) bond motifs is 1. The molecule has 0 radical (unpaired) electrons. The zero-order valence-electron chi connectivity index (χ0n) is 22.9. The molecule has 0 atom stereocenters. The second kappa shape index (κ2) is 15.8. The van der Waals surface area contributed by atoms with Crippen LogP contribution in [0.4, 0.5) is 13.2 Å². The fraction of sp³-hybridized carbons (Fsp3) is 0.394. The average molecular weight is 552 g/mol. The maximum atomic E-state index is 12.9. The number of hydroxylamine groups is 2. The maximum absolute atomic E-state index is 12.9. The van der Waals surface area contributed by atoms with Crippen LogP contribution < -0.4 is 0 Å². The third kappa shape index (κ3) is 9.84. The van der Waals surface area contributed by atoms with Gasteiger partial charge in [-0.2, -0.15) is 13.2 Å². The van der Waals surface area contributed by atoms with Gasteiger partial charge in [-0.3, -0.25) is 4.79 Å². The topological polar surface area (TPSA) is 46.6 Å². The van der Waals surface area contributed by atoms with E-state index in [4.69, 9.17) is 4.84 Å². The Labute approximate surface area is 234 Å². The monoisotopic (exact) mass is 551 g/mol. The molecule has 0 aliphatic rings. The largest absolute Gasteiger partial charge is 0.416 e. The standard InChI is InChI=1S/C33H36F3NO3/c1-2-3-4-5-6-7-8-9-10-11-14-27-19-20-28(31-16-13-12-15-30(27)31)24-37(40-32(39)25-38)23-26-17-21-29(22-18-26)33(34,35)36/h12-13,15-22,25H,2-10,23-24H2,1H3. The van der Waals surface area contributed by atoms with Gasteiger partial charge in [0.15, 0.2) is 0 Å². The van der Waals surface area contributed by atoms with E-state index >= 15 is 0 Å². The van der Waals surface area contributed by atoms with Gasteiger partial charge < -0.3 is 4.84 Å². The van der Waals surface area contributed by atoms with E-state index in [9.17, 15) is 22.8 Å². The molecule has 40 heavy (non-hydrogen) atoms. The smallest absolute Gasteiger partial charge is 0.361 e. The second-order valence-corrected chi connectivity index (χ2v) is 9.87. The summed E-state index contributed by atoms with van der Waals surface area (Å²) in [6.45, 7) is 2.36. The molecule has 0 saturated heterocycles. The first-order chi connectivity index (χ1) is 19.3. The third-order valence-electron chi connectivity index (χ3n) is 6.69. The van der Waals surface area contributed by atoms with Crippen molar-refractivity contribution < 1.29 is 27.6 Å². The molecule has 0 bridgehead atoms. The highest BCUT2D eigenvalue weighted by molar-refractivity contribution is 6.20. The van der Waals surface area contributed by atoms with Crippen LogP contribution in [0, 0.1) is 11.8 Å². The number of unbranched alkanes of at least 4 members (excludes halogenated alkanes) is 8. The van der Waals surface area contributed by atoms with Crippen LogP contribution >= 0.6 is 0 Å². The minimum atomic E-state index is -4.44. The number of alkyl halides is 3. The van der Waals surface area contributed by atoms with Crippen molar-refractivity contribution in [2.75, 3.05) is 0 Å². The predicted octanol–water partition coefficient (Wildman–Crippen LogP) is 8.40. The molecule has 0 spiro atoms. The zero-order chi connectivity index (χ0) is 28.8. The Bertz CT molecular complexity index is 1310. The first-order valence-corrected chi connectivity index (χ1v) is 13.9. The lowest BCUT2D eigenvalue weighted by molar-refractivity contribution is -0.194. The highest BCUT2D eigenvalue weighted by atomic mass is 19.4. The molecule has 3 aromatic carbocycles. The van der Waals surface area contributed by atoms with Crippen LogP contribution in [0.3, 0.4) is 0 Å². The minimum absolute atomic E-state index is 0.00616. The molecular formula is C33H36F3NO3. The average Bonchev–Trinajstić information content (AvgIpc) is 2.94. The molecule has 0 saturated carbocycles. The number of carbonyl (C=O) groups excluding carboxylic acids is 2.